The van der Waals surface area contributed by atoms with Gasteiger partial charge in [0.1, 0.15) is 10.2 Å². The Bertz CT molecular complexity index is 526. The fourth-order valence-corrected chi connectivity index (χ4v) is 2.58. The number of aromatic nitrogens is 2. The molecular formula is C16H24BrN3O3. The normalized spacial score (nSPS) is 16.0. The van der Waals surface area contributed by atoms with Gasteiger partial charge in [0.2, 0.25) is 0 Å². The first-order valence-electron chi connectivity index (χ1n) is 7.77. The Hall–Kier alpha value is -1.21. The molecule has 0 spiro atoms. The number of nitrogens with zero attached hydrogens (tertiary/aromatic N) is 3. The van der Waals surface area contributed by atoms with Crippen molar-refractivity contribution in [3.8, 4) is 0 Å². The van der Waals surface area contributed by atoms with Gasteiger partial charge in [0.05, 0.1) is 24.9 Å². The highest BCUT2D eigenvalue weighted by atomic mass is 79.9. The molecule has 1 atom stereocenters. The second kappa shape index (κ2) is 7.57. The lowest BCUT2D eigenvalue weighted by Gasteiger charge is -2.33. The van der Waals surface area contributed by atoms with Crippen molar-refractivity contribution in [3.63, 3.8) is 0 Å². The van der Waals surface area contributed by atoms with E-state index in [1.807, 2.05) is 32.9 Å². The molecule has 0 aromatic carbocycles. The summed E-state index contributed by atoms with van der Waals surface area (Å²) in [5.41, 5.74) is 0.183. The minimum Gasteiger partial charge on any atom is -0.444 e. The van der Waals surface area contributed by atoms with Gasteiger partial charge in [0.15, 0.2) is 0 Å². The smallest absolute Gasteiger partial charge is 0.410 e. The Morgan fingerprint density at radius 3 is 2.57 bits per heavy atom. The molecule has 1 saturated carbocycles. The topological polar surface area (TPSA) is 64.5 Å². The largest absolute Gasteiger partial charge is 0.444 e. The minimum atomic E-state index is -0.540. The molecule has 1 aliphatic rings. The number of halogens is 1. The average molecular weight is 386 g/mol. The molecule has 1 fully saturated rings. The van der Waals surface area contributed by atoms with Crippen molar-refractivity contribution < 1.29 is 14.3 Å². The van der Waals surface area contributed by atoms with Gasteiger partial charge in [-0.05, 0) is 67.6 Å². The summed E-state index contributed by atoms with van der Waals surface area (Å²) in [5, 5.41) is 8.12. The predicted molar refractivity (Wildman–Crippen MR) is 89.9 cm³/mol. The Labute approximate surface area is 145 Å². The maximum Gasteiger partial charge on any atom is 0.410 e. The molecule has 6 nitrogen and oxygen atoms in total. The van der Waals surface area contributed by atoms with E-state index in [1.54, 1.807) is 12.0 Å². The van der Waals surface area contributed by atoms with Crippen molar-refractivity contribution in [2.75, 3.05) is 13.7 Å². The Kier molecular flexibility index (Phi) is 5.97. The summed E-state index contributed by atoms with van der Waals surface area (Å²) in [6.07, 6.45) is 1.88. The molecule has 0 saturated heterocycles. The van der Waals surface area contributed by atoms with E-state index in [0.29, 0.717) is 23.7 Å². The summed E-state index contributed by atoms with van der Waals surface area (Å²) >= 11 is 3.27. The number of methoxy groups -OCH3 is 1. The van der Waals surface area contributed by atoms with Crippen LogP contribution >= 0.6 is 15.9 Å². The van der Waals surface area contributed by atoms with Crippen molar-refractivity contribution in [1.82, 2.24) is 15.1 Å². The Morgan fingerprint density at radius 1 is 1.39 bits per heavy atom. The number of carbonyl (C=O) groups excluding carboxylic acids is 1. The molecule has 7 heteroatoms. The van der Waals surface area contributed by atoms with Crippen LogP contribution in [0.5, 0.6) is 0 Å². The third kappa shape index (κ3) is 5.73. The molecule has 0 aliphatic heterocycles. The van der Waals surface area contributed by atoms with E-state index in [4.69, 9.17) is 9.47 Å². The van der Waals surface area contributed by atoms with Gasteiger partial charge in [-0.1, -0.05) is 0 Å². The zero-order valence-electron chi connectivity index (χ0n) is 14.1. The molecule has 0 unspecified atom stereocenters. The van der Waals surface area contributed by atoms with Gasteiger partial charge in [-0.3, -0.25) is 4.90 Å². The minimum absolute atomic E-state index is 0.000275. The van der Waals surface area contributed by atoms with Crippen LogP contribution in [0.2, 0.25) is 0 Å². The summed E-state index contributed by atoms with van der Waals surface area (Å²) in [6, 6.07) is 3.67. The Balaban J connectivity index is 2.18. The number of amides is 1. The van der Waals surface area contributed by atoms with Crippen LogP contribution in [0.25, 0.3) is 0 Å². The van der Waals surface area contributed by atoms with Crippen molar-refractivity contribution in [1.29, 1.82) is 0 Å². The summed E-state index contributed by atoms with van der Waals surface area (Å²) < 4.78 is 11.6. The maximum absolute atomic E-state index is 12.7. The summed E-state index contributed by atoms with van der Waals surface area (Å²) in [7, 11) is 1.65. The van der Waals surface area contributed by atoms with E-state index in [9.17, 15) is 4.79 Å². The number of hydrogen-bond donors (Lipinski definition) is 0. The SMILES string of the molecule is COC[C@@H](C1CC1)N(Cc1ccc(Br)nn1)C(=O)OC(C)(C)C. The third-order valence-electron chi connectivity index (χ3n) is 3.55. The molecule has 1 aromatic heterocycles. The molecule has 1 amide bonds. The first-order valence-corrected chi connectivity index (χ1v) is 8.56. The summed E-state index contributed by atoms with van der Waals surface area (Å²) in [5.74, 6) is 0.464. The van der Waals surface area contributed by atoms with E-state index in [1.165, 1.54) is 0 Å². The fraction of sp³-hybridized carbons (Fsp3) is 0.688. The molecule has 0 radical (unpaired) electrons. The summed E-state index contributed by atoms with van der Waals surface area (Å²) in [4.78, 5) is 14.4. The second-order valence-electron chi connectivity index (χ2n) is 6.82. The molecule has 128 valence electrons. The van der Waals surface area contributed by atoms with Crippen molar-refractivity contribution in [2.45, 2.75) is 51.8 Å². The molecule has 0 bridgehead atoms. The first-order chi connectivity index (χ1) is 10.8. The van der Waals surface area contributed by atoms with Crippen LogP contribution in [0.15, 0.2) is 16.7 Å². The van der Waals surface area contributed by atoms with E-state index in [0.717, 1.165) is 18.5 Å². The zero-order valence-corrected chi connectivity index (χ0v) is 15.7. The van der Waals surface area contributed by atoms with Crippen LogP contribution in [0.3, 0.4) is 0 Å². The van der Waals surface area contributed by atoms with E-state index >= 15 is 0 Å². The number of rotatable bonds is 6. The van der Waals surface area contributed by atoms with Crippen LogP contribution in [-0.4, -0.2) is 46.6 Å². The quantitative estimate of drug-likeness (QED) is 0.750. The molecule has 23 heavy (non-hydrogen) atoms. The van der Waals surface area contributed by atoms with Gasteiger partial charge >= 0.3 is 6.09 Å². The second-order valence-corrected chi connectivity index (χ2v) is 7.63. The summed E-state index contributed by atoms with van der Waals surface area (Å²) in [6.45, 7) is 6.45. The van der Waals surface area contributed by atoms with E-state index in [2.05, 4.69) is 26.1 Å². The van der Waals surface area contributed by atoms with Crippen LogP contribution < -0.4 is 0 Å². The van der Waals surface area contributed by atoms with Gasteiger partial charge in [-0.2, -0.15) is 5.10 Å². The van der Waals surface area contributed by atoms with Crippen LogP contribution in [0, 0.1) is 5.92 Å². The predicted octanol–water partition coefficient (Wildman–Crippen LogP) is 3.40. The van der Waals surface area contributed by atoms with E-state index in [-0.39, 0.29) is 12.1 Å². The number of carbonyl (C=O) groups is 1. The molecular weight excluding hydrogens is 362 g/mol. The van der Waals surface area contributed by atoms with Gasteiger partial charge < -0.3 is 9.47 Å². The van der Waals surface area contributed by atoms with Crippen LogP contribution in [0.1, 0.15) is 39.3 Å². The Morgan fingerprint density at radius 2 is 2.09 bits per heavy atom. The van der Waals surface area contributed by atoms with Gasteiger partial charge in [0.25, 0.3) is 0 Å². The van der Waals surface area contributed by atoms with Crippen molar-refractivity contribution in [2.24, 2.45) is 5.92 Å². The fourth-order valence-electron chi connectivity index (χ4n) is 2.37. The van der Waals surface area contributed by atoms with Crippen molar-refractivity contribution in [3.05, 3.63) is 22.4 Å². The monoisotopic (exact) mass is 385 g/mol. The third-order valence-corrected chi connectivity index (χ3v) is 3.97. The van der Waals surface area contributed by atoms with E-state index < -0.39 is 5.60 Å². The average Bonchev–Trinajstić information content (AvgIpc) is 3.27. The first kappa shape index (κ1) is 18.1. The highest BCUT2D eigenvalue weighted by Gasteiger charge is 2.39. The lowest BCUT2D eigenvalue weighted by Crippen LogP contribution is -2.46. The maximum atomic E-state index is 12.7. The van der Waals surface area contributed by atoms with Gasteiger partial charge in [-0.25, -0.2) is 4.79 Å². The number of ether oxygens (including phenoxy) is 2. The lowest BCUT2D eigenvalue weighted by atomic mass is 10.1. The molecule has 1 aliphatic carbocycles. The highest BCUT2D eigenvalue weighted by Crippen LogP contribution is 2.36. The van der Waals surface area contributed by atoms with Gasteiger partial charge in [-0.15, -0.1) is 5.10 Å². The van der Waals surface area contributed by atoms with Crippen LogP contribution in [-0.2, 0) is 16.0 Å². The zero-order chi connectivity index (χ0) is 17.0. The lowest BCUT2D eigenvalue weighted by molar-refractivity contribution is -0.000694. The highest BCUT2D eigenvalue weighted by molar-refractivity contribution is 9.10. The molecule has 0 N–H and O–H groups in total. The molecule has 1 aromatic rings. The number of hydrogen-bond acceptors (Lipinski definition) is 5. The standard InChI is InChI=1S/C16H24BrN3O3/c1-16(2,3)23-15(21)20(13(10-22-4)11-5-6-11)9-12-7-8-14(17)19-18-12/h7-8,11,13H,5-6,9-10H2,1-4H3/t13-/m0/s1. The molecule has 2 rings (SSSR count). The van der Waals surface area contributed by atoms with Crippen LogP contribution in [0.4, 0.5) is 4.79 Å². The van der Waals surface area contributed by atoms with Gasteiger partial charge in [0, 0.05) is 7.11 Å². The van der Waals surface area contributed by atoms with Crippen molar-refractivity contribution >= 4 is 22.0 Å². The molecule has 1 heterocycles.